The van der Waals surface area contributed by atoms with Crippen molar-refractivity contribution in [3.63, 3.8) is 0 Å². The largest absolute Gasteiger partial charge is 0.509 e. The lowest BCUT2D eigenvalue weighted by molar-refractivity contribution is -0.160. The SMILES string of the molecule is CC12CCCN1N(Cc1c(Cl)cc(OCCN3CCOCC3)cc1Cl)C(=O)C(C(=O)Nc1ccc(C(F)(F)F)nc1-c1ccc(C(F)(F)F)nc1)=C2O.Cl. The molecule has 0 radical (unpaired) electrons. The van der Waals surface area contributed by atoms with Crippen molar-refractivity contribution in [3.05, 3.63) is 80.9 Å². The number of nitrogens with zero attached hydrogens (tertiary/aromatic N) is 5. The highest BCUT2D eigenvalue weighted by Gasteiger charge is 2.53. The normalized spacial score (nSPS) is 19.8. The Labute approximate surface area is 321 Å². The molecule has 0 spiro atoms. The number of ether oxygens (including phenoxy) is 2. The summed E-state index contributed by atoms with van der Waals surface area (Å²) in [6.07, 6.45) is -8.28. The first-order valence-corrected chi connectivity index (χ1v) is 17.1. The topological polar surface area (TPSA) is 120 Å². The molecule has 1 unspecified atom stereocenters. The average molecular weight is 826 g/mol. The van der Waals surface area contributed by atoms with E-state index < -0.39 is 63.8 Å². The molecule has 3 aromatic rings. The highest BCUT2D eigenvalue weighted by Crippen LogP contribution is 2.43. The Balaban J connectivity index is 0.00000561. The molecule has 2 fully saturated rings. The highest BCUT2D eigenvalue weighted by molar-refractivity contribution is 6.36. The van der Waals surface area contributed by atoms with Gasteiger partial charge in [-0.1, -0.05) is 23.2 Å². The lowest BCUT2D eigenvalue weighted by atomic mass is 9.90. The van der Waals surface area contributed by atoms with Crippen LogP contribution in [0.5, 0.6) is 5.75 Å². The second-order valence-electron chi connectivity index (χ2n) is 12.7. The first-order valence-electron chi connectivity index (χ1n) is 16.3. The third kappa shape index (κ3) is 8.50. The fourth-order valence-corrected chi connectivity index (χ4v) is 7.04. The predicted molar refractivity (Wildman–Crippen MR) is 187 cm³/mol. The second-order valence-corrected chi connectivity index (χ2v) is 13.5. The van der Waals surface area contributed by atoms with Crippen LogP contribution in [0.4, 0.5) is 32.0 Å². The van der Waals surface area contributed by atoms with E-state index in [9.17, 15) is 41.0 Å². The van der Waals surface area contributed by atoms with Gasteiger partial charge < -0.3 is 19.9 Å². The molecule has 3 aliphatic rings. The number of anilines is 1. The van der Waals surface area contributed by atoms with Crippen molar-refractivity contribution in [2.75, 3.05) is 51.3 Å². The molecule has 3 aliphatic heterocycles. The molecule has 1 atom stereocenters. The smallest absolute Gasteiger partial charge is 0.433 e. The van der Waals surface area contributed by atoms with E-state index in [4.69, 9.17) is 32.7 Å². The molecule has 6 rings (SSSR count). The van der Waals surface area contributed by atoms with Crippen LogP contribution in [0.15, 0.2) is 53.9 Å². The zero-order valence-electron chi connectivity index (χ0n) is 28.4. The number of alkyl halides is 6. The number of fused-ring (bicyclic) bond motifs is 1. The molecule has 2 aromatic heterocycles. The Morgan fingerprint density at radius 3 is 2.28 bits per heavy atom. The van der Waals surface area contributed by atoms with Crippen molar-refractivity contribution >= 4 is 53.1 Å². The first kappa shape index (κ1) is 41.3. The number of aliphatic hydroxyl groups excluding tert-OH is 1. The summed E-state index contributed by atoms with van der Waals surface area (Å²) in [6, 6.07) is 5.90. The molecular formula is C34H33Cl3F6N6O5. The van der Waals surface area contributed by atoms with E-state index in [1.54, 1.807) is 24.1 Å². The average Bonchev–Trinajstić information content (AvgIpc) is 3.50. The zero-order valence-corrected chi connectivity index (χ0v) is 30.7. The van der Waals surface area contributed by atoms with Crippen LogP contribution in [0, 0.1) is 0 Å². The van der Waals surface area contributed by atoms with Crippen molar-refractivity contribution < 1.29 is 50.5 Å². The number of hydrogen-bond acceptors (Lipinski definition) is 9. The number of carbonyl (C=O) groups excluding carboxylic acids is 2. The molecular weight excluding hydrogens is 793 g/mol. The van der Waals surface area contributed by atoms with E-state index in [-0.39, 0.29) is 34.6 Å². The molecule has 0 aliphatic carbocycles. The van der Waals surface area contributed by atoms with E-state index in [2.05, 4.69) is 20.2 Å². The maximum absolute atomic E-state index is 14.1. The van der Waals surface area contributed by atoms with Gasteiger partial charge in [-0.25, -0.2) is 9.99 Å². The molecule has 0 saturated carbocycles. The van der Waals surface area contributed by atoms with Crippen molar-refractivity contribution in [1.82, 2.24) is 24.9 Å². The van der Waals surface area contributed by atoms with E-state index in [1.807, 2.05) is 0 Å². The van der Waals surface area contributed by atoms with E-state index in [1.165, 1.54) is 5.01 Å². The van der Waals surface area contributed by atoms with Crippen LogP contribution < -0.4 is 10.1 Å². The molecule has 11 nitrogen and oxygen atoms in total. The molecule has 2 amide bonds. The molecule has 1 aromatic carbocycles. The van der Waals surface area contributed by atoms with Crippen molar-refractivity contribution in [1.29, 1.82) is 0 Å². The number of nitrogens with one attached hydrogen (secondary N) is 1. The summed E-state index contributed by atoms with van der Waals surface area (Å²) >= 11 is 13.3. The molecule has 2 saturated heterocycles. The maximum atomic E-state index is 14.1. The minimum atomic E-state index is -4.95. The molecule has 0 bridgehead atoms. The fourth-order valence-electron chi connectivity index (χ4n) is 6.45. The minimum Gasteiger partial charge on any atom is -0.509 e. The molecule has 20 heteroatoms. The number of benzene rings is 1. The van der Waals surface area contributed by atoms with Gasteiger partial charge in [0, 0.05) is 43.5 Å². The van der Waals surface area contributed by atoms with Gasteiger partial charge in [0.25, 0.3) is 11.8 Å². The summed E-state index contributed by atoms with van der Waals surface area (Å²) in [4.78, 5) is 37.0. The fraction of sp³-hybridized carbons (Fsp3) is 0.412. The summed E-state index contributed by atoms with van der Waals surface area (Å²) in [6.45, 7) is 5.57. The van der Waals surface area contributed by atoms with Crippen molar-refractivity contribution in [3.8, 4) is 17.0 Å². The lowest BCUT2D eigenvalue weighted by Crippen LogP contribution is -2.60. The lowest BCUT2D eigenvalue weighted by Gasteiger charge is -2.46. The van der Waals surface area contributed by atoms with Gasteiger partial charge in [0.1, 0.15) is 35.1 Å². The van der Waals surface area contributed by atoms with Gasteiger partial charge in [-0.2, -0.15) is 26.3 Å². The van der Waals surface area contributed by atoms with Crippen LogP contribution >= 0.6 is 35.6 Å². The highest BCUT2D eigenvalue weighted by atomic mass is 35.5. The second kappa shape index (κ2) is 16.1. The van der Waals surface area contributed by atoms with Gasteiger partial charge in [-0.15, -0.1) is 12.4 Å². The maximum Gasteiger partial charge on any atom is 0.433 e. The number of morpholine rings is 1. The van der Waals surface area contributed by atoms with Gasteiger partial charge in [0.15, 0.2) is 0 Å². The zero-order chi connectivity index (χ0) is 38.3. The molecule has 2 N–H and O–H groups in total. The quantitative estimate of drug-likeness (QED) is 0.171. The monoisotopic (exact) mass is 824 g/mol. The third-order valence-electron chi connectivity index (χ3n) is 9.28. The Morgan fingerprint density at radius 2 is 1.67 bits per heavy atom. The predicted octanol–water partition coefficient (Wildman–Crippen LogP) is 7.18. The number of hydrogen-bond donors (Lipinski definition) is 2. The van der Waals surface area contributed by atoms with E-state index in [0.717, 1.165) is 25.2 Å². The third-order valence-corrected chi connectivity index (χ3v) is 9.95. The summed E-state index contributed by atoms with van der Waals surface area (Å²) in [5, 5.41) is 16.9. The van der Waals surface area contributed by atoms with E-state index in [0.29, 0.717) is 75.4 Å². The number of pyridine rings is 2. The van der Waals surface area contributed by atoms with Crippen molar-refractivity contribution in [2.24, 2.45) is 0 Å². The number of halogens is 9. The van der Waals surface area contributed by atoms with Crippen LogP contribution in [-0.2, 0) is 33.2 Å². The number of carbonyl (C=O) groups is 2. The van der Waals surface area contributed by atoms with Crippen LogP contribution in [0.1, 0.15) is 36.7 Å². The van der Waals surface area contributed by atoms with Crippen molar-refractivity contribution in [2.45, 2.75) is 44.2 Å². The number of rotatable bonds is 9. The molecule has 292 valence electrons. The van der Waals surface area contributed by atoms with Gasteiger partial charge in [-0.3, -0.25) is 24.5 Å². The van der Waals surface area contributed by atoms with Gasteiger partial charge >= 0.3 is 12.4 Å². The summed E-state index contributed by atoms with van der Waals surface area (Å²) < 4.78 is 91.6. The molecule has 54 heavy (non-hydrogen) atoms. The van der Waals surface area contributed by atoms with Crippen LogP contribution in [0.25, 0.3) is 11.3 Å². The summed E-state index contributed by atoms with van der Waals surface area (Å²) in [5.41, 5.74) is -5.60. The Morgan fingerprint density at radius 1 is 1.02 bits per heavy atom. The van der Waals surface area contributed by atoms with Crippen LogP contribution in [-0.4, -0.2) is 93.3 Å². The van der Waals surface area contributed by atoms with Gasteiger partial charge in [0.2, 0.25) is 0 Å². The molecule has 5 heterocycles. The number of amides is 2. The van der Waals surface area contributed by atoms with Gasteiger partial charge in [0.05, 0.1) is 46.7 Å². The number of aromatic nitrogens is 2. The van der Waals surface area contributed by atoms with Crippen LogP contribution in [0.2, 0.25) is 10.0 Å². The summed E-state index contributed by atoms with van der Waals surface area (Å²) in [7, 11) is 0. The van der Waals surface area contributed by atoms with Gasteiger partial charge in [-0.05, 0) is 56.2 Å². The standard InChI is InChI=1S/C34H32Cl2F6N6O5.ClH/c1-32-7-2-8-48(32)47(18-21-22(35)15-20(16-23(21)36)53-14-11-46-9-12-52-13-10-46)31(51)27(29(32)49)30(50)44-24-4-6-26(34(40,41)42)45-28(24)19-3-5-25(43-17-19)33(37,38)39;/h3-6,15-17,49H,2,7-14,18H2,1H3,(H,44,50);1H. The summed E-state index contributed by atoms with van der Waals surface area (Å²) in [5.74, 6) is -2.34. The minimum absolute atomic E-state index is 0. The van der Waals surface area contributed by atoms with Crippen LogP contribution in [0.3, 0.4) is 0 Å². The number of aliphatic hydroxyl groups is 1. The van der Waals surface area contributed by atoms with E-state index >= 15 is 0 Å². The number of hydrazine groups is 1. The Hall–Kier alpha value is -3.87. The Bertz CT molecular complexity index is 1900. The first-order chi connectivity index (χ1) is 25.0. The Kier molecular flexibility index (Phi) is 12.3.